The van der Waals surface area contributed by atoms with Crippen LogP contribution in [0.15, 0.2) is 0 Å². The molecule has 88 valence electrons. The minimum Gasteiger partial charge on any atom is -0.396 e. The average Bonchev–Trinajstić information content (AvgIpc) is 2.29. The van der Waals surface area contributed by atoms with E-state index < -0.39 is 0 Å². The SMILES string of the molecule is CCN(C)C(=O)CN1CCC(CO)CC1. The number of amides is 1. The van der Waals surface area contributed by atoms with Gasteiger partial charge in [-0.3, -0.25) is 9.69 Å². The average molecular weight is 214 g/mol. The molecule has 4 nitrogen and oxygen atoms in total. The molecule has 1 fully saturated rings. The van der Waals surface area contributed by atoms with Gasteiger partial charge >= 0.3 is 0 Å². The number of likely N-dealkylation sites (N-methyl/N-ethyl adjacent to an activating group) is 1. The van der Waals surface area contributed by atoms with Crippen molar-refractivity contribution >= 4 is 5.91 Å². The predicted octanol–water partition coefficient (Wildman–Crippen LogP) is 0.169. The minimum atomic E-state index is 0.194. The van der Waals surface area contributed by atoms with Crippen LogP contribution in [0.2, 0.25) is 0 Å². The molecule has 1 rings (SSSR count). The van der Waals surface area contributed by atoms with Crippen molar-refractivity contribution in [2.24, 2.45) is 5.92 Å². The van der Waals surface area contributed by atoms with Crippen molar-refractivity contribution in [3.05, 3.63) is 0 Å². The van der Waals surface area contributed by atoms with E-state index in [1.54, 1.807) is 4.90 Å². The summed E-state index contributed by atoms with van der Waals surface area (Å²) in [5.74, 6) is 0.639. The van der Waals surface area contributed by atoms with Crippen molar-refractivity contribution < 1.29 is 9.90 Å². The molecule has 0 bridgehead atoms. The van der Waals surface area contributed by atoms with Gasteiger partial charge in [0.1, 0.15) is 0 Å². The molecule has 1 saturated heterocycles. The van der Waals surface area contributed by atoms with Gasteiger partial charge in [0.05, 0.1) is 6.54 Å². The first kappa shape index (κ1) is 12.5. The molecular weight excluding hydrogens is 192 g/mol. The lowest BCUT2D eigenvalue weighted by atomic mass is 9.98. The fraction of sp³-hybridized carbons (Fsp3) is 0.909. The van der Waals surface area contributed by atoms with Crippen molar-refractivity contribution in [2.45, 2.75) is 19.8 Å². The molecule has 1 aliphatic heterocycles. The first-order valence-electron chi connectivity index (χ1n) is 5.74. The van der Waals surface area contributed by atoms with Gasteiger partial charge < -0.3 is 10.0 Å². The van der Waals surface area contributed by atoms with Gasteiger partial charge in [-0.05, 0) is 38.8 Å². The Bertz CT molecular complexity index is 201. The zero-order valence-electron chi connectivity index (χ0n) is 9.78. The summed E-state index contributed by atoms with van der Waals surface area (Å²) in [4.78, 5) is 15.6. The maximum atomic E-state index is 11.6. The fourth-order valence-corrected chi connectivity index (χ4v) is 1.82. The smallest absolute Gasteiger partial charge is 0.236 e. The number of carbonyl (C=O) groups excluding carboxylic acids is 1. The normalized spacial score (nSPS) is 19.1. The van der Waals surface area contributed by atoms with Crippen LogP contribution >= 0.6 is 0 Å². The lowest BCUT2D eigenvalue weighted by Gasteiger charge is -2.31. The molecule has 0 aromatic rings. The highest BCUT2D eigenvalue weighted by Gasteiger charge is 2.20. The first-order valence-corrected chi connectivity index (χ1v) is 5.74. The molecule has 4 heteroatoms. The van der Waals surface area contributed by atoms with Crippen molar-refractivity contribution in [2.75, 3.05) is 39.8 Å². The molecule has 0 aromatic carbocycles. The monoisotopic (exact) mass is 214 g/mol. The molecule has 0 radical (unpaired) electrons. The molecule has 0 saturated carbocycles. The highest BCUT2D eigenvalue weighted by atomic mass is 16.3. The summed E-state index contributed by atoms with van der Waals surface area (Å²) in [5, 5.41) is 8.99. The lowest BCUT2D eigenvalue weighted by Crippen LogP contribution is -2.42. The van der Waals surface area contributed by atoms with Gasteiger partial charge in [-0.25, -0.2) is 0 Å². The van der Waals surface area contributed by atoms with E-state index >= 15 is 0 Å². The van der Waals surface area contributed by atoms with Crippen LogP contribution in [0.3, 0.4) is 0 Å². The van der Waals surface area contributed by atoms with Crippen LogP contribution in [0.25, 0.3) is 0 Å². The summed E-state index contributed by atoms with van der Waals surface area (Å²) >= 11 is 0. The summed E-state index contributed by atoms with van der Waals surface area (Å²) in [7, 11) is 1.84. The maximum Gasteiger partial charge on any atom is 0.236 e. The molecular formula is C11H22N2O2. The third-order valence-corrected chi connectivity index (χ3v) is 3.22. The second kappa shape index (κ2) is 6.08. The summed E-state index contributed by atoms with van der Waals surface area (Å²) in [6.07, 6.45) is 2.03. The fourth-order valence-electron chi connectivity index (χ4n) is 1.82. The van der Waals surface area contributed by atoms with E-state index in [1.807, 2.05) is 14.0 Å². The number of aliphatic hydroxyl groups is 1. The molecule has 1 aliphatic rings. The highest BCUT2D eigenvalue weighted by Crippen LogP contribution is 2.15. The Morgan fingerprint density at radius 3 is 2.53 bits per heavy atom. The van der Waals surface area contributed by atoms with Gasteiger partial charge in [0.2, 0.25) is 5.91 Å². The van der Waals surface area contributed by atoms with Crippen LogP contribution in [-0.4, -0.2) is 60.6 Å². The molecule has 0 spiro atoms. The largest absolute Gasteiger partial charge is 0.396 e. The summed E-state index contributed by atoms with van der Waals surface area (Å²) in [5.41, 5.74) is 0. The summed E-state index contributed by atoms with van der Waals surface area (Å²) in [6, 6.07) is 0. The Hall–Kier alpha value is -0.610. The Labute approximate surface area is 91.9 Å². The van der Waals surface area contributed by atoms with Crippen molar-refractivity contribution in [1.29, 1.82) is 0 Å². The van der Waals surface area contributed by atoms with E-state index in [1.165, 1.54) is 0 Å². The van der Waals surface area contributed by atoms with Crippen LogP contribution < -0.4 is 0 Å². The van der Waals surface area contributed by atoms with Crippen LogP contribution in [0.1, 0.15) is 19.8 Å². The number of nitrogens with zero attached hydrogens (tertiary/aromatic N) is 2. The number of rotatable bonds is 4. The number of hydrogen-bond acceptors (Lipinski definition) is 3. The third-order valence-electron chi connectivity index (χ3n) is 3.22. The lowest BCUT2D eigenvalue weighted by molar-refractivity contribution is -0.131. The van der Waals surface area contributed by atoms with Gasteiger partial charge in [-0.1, -0.05) is 0 Å². The van der Waals surface area contributed by atoms with Gasteiger partial charge in [-0.15, -0.1) is 0 Å². The van der Waals surface area contributed by atoms with E-state index in [2.05, 4.69) is 4.90 Å². The maximum absolute atomic E-state index is 11.6. The standard InChI is InChI=1S/C11H22N2O2/c1-3-12(2)11(15)8-13-6-4-10(9-14)5-7-13/h10,14H,3-9H2,1-2H3. The topological polar surface area (TPSA) is 43.8 Å². The minimum absolute atomic E-state index is 0.194. The quantitative estimate of drug-likeness (QED) is 0.725. The van der Waals surface area contributed by atoms with E-state index in [0.717, 1.165) is 32.5 Å². The van der Waals surface area contributed by atoms with Crippen molar-refractivity contribution in [3.63, 3.8) is 0 Å². The number of piperidine rings is 1. The van der Waals surface area contributed by atoms with E-state index in [9.17, 15) is 4.79 Å². The summed E-state index contributed by atoms with van der Waals surface area (Å²) in [6.45, 7) is 5.45. The highest BCUT2D eigenvalue weighted by molar-refractivity contribution is 5.77. The van der Waals surface area contributed by atoms with E-state index in [-0.39, 0.29) is 12.5 Å². The van der Waals surface area contributed by atoms with Gasteiger partial charge in [0.15, 0.2) is 0 Å². The molecule has 1 heterocycles. The second-order valence-electron chi connectivity index (χ2n) is 4.31. The molecule has 0 aromatic heterocycles. The summed E-state index contributed by atoms with van der Waals surface area (Å²) < 4.78 is 0. The zero-order valence-corrected chi connectivity index (χ0v) is 9.78. The van der Waals surface area contributed by atoms with Gasteiger partial charge in [-0.2, -0.15) is 0 Å². The molecule has 0 unspecified atom stereocenters. The van der Waals surface area contributed by atoms with Gasteiger partial charge in [0, 0.05) is 20.2 Å². The number of likely N-dealkylation sites (tertiary alicyclic amines) is 1. The second-order valence-corrected chi connectivity index (χ2v) is 4.31. The molecule has 1 N–H and O–H groups in total. The number of carbonyl (C=O) groups is 1. The van der Waals surface area contributed by atoms with Crippen LogP contribution in [0.4, 0.5) is 0 Å². The predicted molar refractivity (Wildman–Crippen MR) is 59.6 cm³/mol. The van der Waals surface area contributed by atoms with Crippen molar-refractivity contribution in [1.82, 2.24) is 9.80 Å². The molecule has 1 amide bonds. The Balaban J connectivity index is 2.26. The molecule has 0 aliphatic carbocycles. The third kappa shape index (κ3) is 3.80. The van der Waals surface area contributed by atoms with Crippen LogP contribution in [0, 0.1) is 5.92 Å². The van der Waals surface area contributed by atoms with Crippen molar-refractivity contribution in [3.8, 4) is 0 Å². The number of hydrogen-bond donors (Lipinski definition) is 1. The Morgan fingerprint density at radius 1 is 1.47 bits per heavy atom. The Morgan fingerprint density at radius 2 is 2.07 bits per heavy atom. The van der Waals surface area contributed by atoms with E-state index in [0.29, 0.717) is 12.5 Å². The molecule has 0 atom stereocenters. The van der Waals surface area contributed by atoms with Crippen LogP contribution in [0.5, 0.6) is 0 Å². The first-order chi connectivity index (χ1) is 7.17. The Kier molecular flexibility index (Phi) is 5.05. The zero-order chi connectivity index (χ0) is 11.3. The molecule has 15 heavy (non-hydrogen) atoms. The van der Waals surface area contributed by atoms with Gasteiger partial charge in [0.25, 0.3) is 0 Å². The number of aliphatic hydroxyl groups excluding tert-OH is 1. The van der Waals surface area contributed by atoms with Crippen LogP contribution in [-0.2, 0) is 4.79 Å². The van der Waals surface area contributed by atoms with E-state index in [4.69, 9.17) is 5.11 Å².